The van der Waals surface area contributed by atoms with Gasteiger partial charge in [0.25, 0.3) is 0 Å². The summed E-state index contributed by atoms with van der Waals surface area (Å²) >= 11 is 0. The zero-order valence-corrected chi connectivity index (χ0v) is 14.1. The third-order valence-electron chi connectivity index (χ3n) is 4.56. The summed E-state index contributed by atoms with van der Waals surface area (Å²) in [4.78, 5) is 28.6. The number of carbonyl (C=O) groups excluding carboxylic acids is 1. The Labute approximate surface area is 144 Å². The highest BCUT2D eigenvalue weighted by molar-refractivity contribution is 5.79. The van der Waals surface area contributed by atoms with Crippen LogP contribution in [0.15, 0.2) is 39.7 Å². The van der Waals surface area contributed by atoms with Gasteiger partial charge in [0.1, 0.15) is 12.4 Å². The molecular formula is C18H20N4O3. The van der Waals surface area contributed by atoms with E-state index in [0.29, 0.717) is 30.1 Å². The molecule has 1 aliphatic rings. The number of imidazole rings is 1. The van der Waals surface area contributed by atoms with Gasteiger partial charge in [-0.05, 0) is 31.9 Å². The van der Waals surface area contributed by atoms with Crippen molar-refractivity contribution < 1.29 is 9.21 Å². The van der Waals surface area contributed by atoms with Crippen LogP contribution in [0.4, 0.5) is 0 Å². The Morgan fingerprint density at radius 2 is 2.12 bits per heavy atom. The molecule has 0 unspecified atom stereocenters. The molecule has 7 heteroatoms. The van der Waals surface area contributed by atoms with Gasteiger partial charge in [-0.1, -0.05) is 12.1 Å². The van der Waals surface area contributed by atoms with Gasteiger partial charge in [0, 0.05) is 30.9 Å². The third-order valence-corrected chi connectivity index (χ3v) is 4.56. The number of aryl methyl sites for hydroxylation is 1. The largest absolute Gasteiger partial charge is 0.420 e. The van der Waals surface area contributed by atoms with Crippen LogP contribution in [0.2, 0.25) is 0 Å². The molecule has 1 aliphatic carbocycles. The van der Waals surface area contributed by atoms with E-state index >= 15 is 0 Å². The first-order valence-corrected chi connectivity index (χ1v) is 8.50. The number of amides is 1. The van der Waals surface area contributed by atoms with Gasteiger partial charge in [-0.25, -0.2) is 9.78 Å². The van der Waals surface area contributed by atoms with E-state index in [2.05, 4.69) is 14.9 Å². The number of fused-ring (bicyclic) bond motifs is 1. The van der Waals surface area contributed by atoms with Crippen LogP contribution in [0, 0.1) is 6.92 Å². The average molecular weight is 340 g/mol. The number of carbonyl (C=O) groups is 1. The van der Waals surface area contributed by atoms with Crippen LogP contribution in [0.5, 0.6) is 0 Å². The van der Waals surface area contributed by atoms with Crippen LogP contribution in [0.25, 0.3) is 11.1 Å². The number of aromatic nitrogens is 3. The Hall–Kier alpha value is -2.83. The number of benzene rings is 1. The molecular weight excluding hydrogens is 320 g/mol. The summed E-state index contributed by atoms with van der Waals surface area (Å²) in [5, 5.41) is 2.88. The van der Waals surface area contributed by atoms with Gasteiger partial charge in [-0.3, -0.25) is 9.36 Å². The van der Waals surface area contributed by atoms with E-state index in [1.54, 1.807) is 18.2 Å². The van der Waals surface area contributed by atoms with Crippen molar-refractivity contribution in [2.45, 2.75) is 38.8 Å². The Kier molecular flexibility index (Phi) is 3.91. The van der Waals surface area contributed by atoms with Gasteiger partial charge in [0.05, 0.1) is 5.52 Å². The zero-order chi connectivity index (χ0) is 17.4. The molecule has 2 heterocycles. The topological polar surface area (TPSA) is 82.1 Å². The molecule has 0 spiro atoms. The van der Waals surface area contributed by atoms with Gasteiger partial charge in [0.2, 0.25) is 5.91 Å². The third kappa shape index (κ3) is 3.09. The van der Waals surface area contributed by atoms with Crippen molar-refractivity contribution in [3.05, 3.63) is 52.5 Å². The fourth-order valence-electron chi connectivity index (χ4n) is 3.11. The van der Waals surface area contributed by atoms with Crippen LogP contribution < -0.4 is 11.1 Å². The first-order chi connectivity index (χ1) is 12.1. The van der Waals surface area contributed by atoms with Crippen LogP contribution in [-0.4, -0.2) is 26.6 Å². The van der Waals surface area contributed by atoms with Crippen molar-refractivity contribution in [3.63, 3.8) is 0 Å². The molecule has 7 nitrogen and oxygen atoms in total. The predicted octanol–water partition coefficient (Wildman–Crippen LogP) is 1.79. The van der Waals surface area contributed by atoms with E-state index in [-0.39, 0.29) is 12.5 Å². The minimum atomic E-state index is -0.516. The van der Waals surface area contributed by atoms with Crippen molar-refractivity contribution in [2.75, 3.05) is 6.54 Å². The first kappa shape index (κ1) is 15.7. The number of nitrogens with one attached hydrogen (secondary N) is 1. The van der Waals surface area contributed by atoms with Crippen LogP contribution in [-0.2, 0) is 17.9 Å². The second kappa shape index (κ2) is 6.23. The highest BCUT2D eigenvalue weighted by Gasteiger charge is 2.28. The summed E-state index contributed by atoms with van der Waals surface area (Å²) in [6.45, 7) is 3.16. The minimum Gasteiger partial charge on any atom is -0.408 e. The summed E-state index contributed by atoms with van der Waals surface area (Å²) in [5.41, 5.74) is 2.22. The molecule has 25 heavy (non-hydrogen) atoms. The van der Waals surface area contributed by atoms with E-state index in [9.17, 15) is 9.59 Å². The normalized spacial score (nSPS) is 14.1. The molecule has 1 N–H and O–H groups in total. The smallest absolute Gasteiger partial charge is 0.408 e. The van der Waals surface area contributed by atoms with E-state index in [1.807, 2.05) is 19.2 Å². The van der Waals surface area contributed by atoms with Crippen LogP contribution in [0.3, 0.4) is 0 Å². The fourth-order valence-corrected chi connectivity index (χ4v) is 3.11. The summed E-state index contributed by atoms with van der Waals surface area (Å²) in [5.74, 6) is 0.960. The molecule has 1 aromatic carbocycles. The highest BCUT2D eigenvalue weighted by Crippen LogP contribution is 2.39. The lowest BCUT2D eigenvalue weighted by Crippen LogP contribution is -2.33. The fraction of sp³-hybridized carbons (Fsp3) is 0.389. The number of nitrogens with zero attached hydrogens (tertiary/aromatic N) is 3. The summed E-state index contributed by atoms with van der Waals surface area (Å²) < 4.78 is 8.66. The van der Waals surface area contributed by atoms with Crippen LogP contribution in [0.1, 0.15) is 30.3 Å². The number of rotatable bonds is 6. The molecule has 1 amide bonds. The van der Waals surface area contributed by atoms with Crippen LogP contribution >= 0.6 is 0 Å². The lowest BCUT2D eigenvalue weighted by Gasteiger charge is -2.11. The molecule has 2 aromatic heterocycles. The molecule has 0 atom stereocenters. The van der Waals surface area contributed by atoms with Crippen molar-refractivity contribution in [2.24, 2.45) is 0 Å². The quantitative estimate of drug-likeness (QED) is 0.742. The van der Waals surface area contributed by atoms with E-state index in [1.165, 1.54) is 17.4 Å². The standard InChI is InChI=1S/C18H20N4O3/c1-12-10-20-17(13-6-7-13)21(12)9-8-19-16(23)11-22-14-4-2-3-5-15(14)25-18(22)24/h2-5,10,13H,6-9,11H2,1H3,(H,19,23). The second-order valence-corrected chi connectivity index (χ2v) is 6.46. The minimum absolute atomic E-state index is 0.0474. The van der Waals surface area contributed by atoms with Gasteiger partial charge in [-0.15, -0.1) is 0 Å². The summed E-state index contributed by atoms with van der Waals surface area (Å²) in [6, 6.07) is 7.09. The average Bonchev–Trinajstić information content (AvgIpc) is 3.31. The maximum Gasteiger partial charge on any atom is 0.420 e. The molecule has 0 radical (unpaired) electrons. The molecule has 130 valence electrons. The Bertz CT molecular complexity index is 978. The molecule has 3 aromatic rings. The van der Waals surface area contributed by atoms with Gasteiger partial charge in [-0.2, -0.15) is 0 Å². The molecule has 0 aliphatic heterocycles. The SMILES string of the molecule is Cc1cnc(C2CC2)n1CCNC(=O)Cn1c(=O)oc2ccccc21. The van der Waals surface area contributed by atoms with E-state index in [0.717, 1.165) is 11.5 Å². The highest BCUT2D eigenvalue weighted by atomic mass is 16.4. The van der Waals surface area contributed by atoms with Crippen molar-refractivity contribution in [3.8, 4) is 0 Å². The van der Waals surface area contributed by atoms with Gasteiger partial charge < -0.3 is 14.3 Å². The second-order valence-electron chi connectivity index (χ2n) is 6.46. The van der Waals surface area contributed by atoms with Crippen molar-refractivity contribution in [1.29, 1.82) is 0 Å². The lowest BCUT2D eigenvalue weighted by molar-refractivity contribution is -0.121. The molecule has 0 saturated heterocycles. The maximum absolute atomic E-state index is 12.2. The molecule has 1 fully saturated rings. The predicted molar refractivity (Wildman–Crippen MR) is 92.4 cm³/mol. The molecule has 0 bridgehead atoms. The number of hydrogen-bond acceptors (Lipinski definition) is 4. The Balaban J connectivity index is 1.39. The number of hydrogen-bond donors (Lipinski definition) is 1. The first-order valence-electron chi connectivity index (χ1n) is 8.50. The molecule has 1 saturated carbocycles. The monoisotopic (exact) mass is 340 g/mol. The molecule has 4 rings (SSSR count). The summed E-state index contributed by atoms with van der Waals surface area (Å²) in [7, 11) is 0. The van der Waals surface area contributed by atoms with E-state index < -0.39 is 5.76 Å². The lowest BCUT2D eigenvalue weighted by atomic mass is 10.3. The van der Waals surface area contributed by atoms with Gasteiger partial charge >= 0.3 is 5.76 Å². The van der Waals surface area contributed by atoms with Crippen molar-refractivity contribution >= 4 is 17.0 Å². The Morgan fingerprint density at radius 3 is 2.92 bits per heavy atom. The van der Waals surface area contributed by atoms with Crippen molar-refractivity contribution in [1.82, 2.24) is 19.4 Å². The van der Waals surface area contributed by atoms with E-state index in [4.69, 9.17) is 4.42 Å². The number of oxazole rings is 1. The van der Waals surface area contributed by atoms with Gasteiger partial charge in [0.15, 0.2) is 5.58 Å². The maximum atomic E-state index is 12.2. The number of para-hydroxylation sites is 2. The zero-order valence-electron chi connectivity index (χ0n) is 14.1. The Morgan fingerprint density at radius 1 is 1.32 bits per heavy atom. The summed E-state index contributed by atoms with van der Waals surface area (Å²) in [6.07, 6.45) is 4.27.